The summed E-state index contributed by atoms with van der Waals surface area (Å²) in [4.78, 5) is 11.6. The third-order valence-electron chi connectivity index (χ3n) is 4.68. The molecule has 1 fully saturated rings. The van der Waals surface area contributed by atoms with E-state index in [1.165, 1.54) is 0 Å². The normalized spacial score (nSPS) is 14.9. The molecule has 0 amide bonds. The molecule has 3 aromatic rings. The van der Waals surface area contributed by atoms with Crippen LogP contribution in [0.4, 0.5) is 5.69 Å². The van der Waals surface area contributed by atoms with Gasteiger partial charge in [-0.15, -0.1) is 0 Å². The Kier molecular flexibility index (Phi) is 4.81. The van der Waals surface area contributed by atoms with E-state index in [9.17, 15) is 0 Å². The zero-order valence-electron chi connectivity index (χ0n) is 15.2. The third-order valence-corrected chi connectivity index (χ3v) is 4.68. The van der Waals surface area contributed by atoms with Gasteiger partial charge in [0.15, 0.2) is 5.65 Å². The second-order valence-electron chi connectivity index (χ2n) is 6.38. The van der Waals surface area contributed by atoms with Crippen molar-refractivity contribution < 1.29 is 9.47 Å². The van der Waals surface area contributed by atoms with Gasteiger partial charge in [0, 0.05) is 44.1 Å². The molecule has 3 aromatic heterocycles. The van der Waals surface area contributed by atoms with Crippen LogP contribution in [0.15, 0.2) is 30.6 Å². The van der Waals surface area contributed by atoms with Crippen molar-refractivity contribution in [2.24, 2.45) is 0 Å². The fraction of sp³-hybridized carbons (Fsp3) is 0.421. The molecule has 1 saturated heterocycles. The minimum absolute atomic E-state index is 0.655. The summed E-state index contributed by atoms with van der Waals surface area (Å²) >= 11 is 0. The maximum Gasteiger partial charge on any atom is 0.178 e. The lowest BCUT2D eigenvalue weighted by molar-refractivity contribution is 0.123. The highest BCUT2D eigenvalue weighted by Crippen LogP contribution is 2.29. The number of nitrogens with zero attached hydrogens (tertiary/aromatic N) is 5. The van der Waals surface area contributed by atoms with Gasteiger partial charge >= 0.3 is 0 Å². The molecule has 1 aliphatic rings. The van der Waals surface area contributed by atoms with Gasteiger partial charge in [0.1, 0.15) is 0 Å². The summed E-state index contributed by atoms with van der Waals surface area (Å²) in [5.41, 5.74) is 6.03. The highest BCUT2D eigenvalue weighted by Gasteiger charge is 2.19. The topological polar surface area (TPSA) is 64.8 Å². The minimum atomic E-state index is 0.655. The van der Waals surface area contributed by atoms with Gasteiger partial charge in [-0.25, -0.2) is 9.50 Å². The zero-order chi connectivity index (χ0) is 17.9. The van der Waals surface area contributed by atoms with Gasteiger partial charge in [0.2, 0.25) is 0 Å². The number of hydrogen-bond acceptors (Lipinski definition) is 6. The molecule has 0 atom stereocenters. The average molecular weight is 353 g/mol. The van der Waals surface area contributed by atoms with E-state index < -0.39 is 0 Å². The van der Waals surface area contributed by atoms with Crippen LogP contribution in [0.3, 0.4) is 0 Å². The van der Waals surface area contributed by atoms with Crippen LogP contribution in [-0.4, -0.2) is 59.6 Å². The second kappa shape index (κ2) is 7.39. The van der Waals surface area contributed by atoms with E-state index in [1.807, 2.05) is 36.0 Å². The number of morpholine rings is 1. The smallest absolute Gasteiger partial charge is 0.178 e. The fourth-order valence-corrected chi connectivity index (χ4v) is 3.39. The van der Waals surface area contributed by atoms with E-state index in [2.05, 4.69) is 21.0 Å². The first kappa shape index (κ1) is 16.9. The lowest BCUT2D eigenvalue weighted by Gasteiger charge is -2.28. The van der Waals surface area contributed by atoms with E-state index in [0.717, 1.165) is 66.7 Å². The minimum Gasteiger partial charge on any atom is -0.384 e. The molecule has 26 heavy (non-hydrogen) atoms. The van der Waals surface area contributed by atoms with Gasteiger partial charge < -0.3 is 14.4 Å². The quantitative estimate of drug-likeness (QED) is 0.700. The number of rotatable bonds is 5. The molecule has 7 nitrogen and oxygen atoms in total. The molecule has 0 aliphatic carbocycles. The van der Waals surface area contributed by atoms with Crippen LogP contribution in [-0.2, 0) is 15.9 Å². The Labute approximate surface area is 152 Å². The Morgan fingerprint density at radius 2 is 2.04 bits per heavy atom. The van der Waals surface area contributed by atoms with Crippen molar-refractivity contribution in [3.8, 4) is 11.3 Å². The van der Waals surface area contributed by atoms with Crippen LogP contribution >= 0.6 is 0 Å². The van der Waals surface area contributed by atoms with Gasteiger partial charge in [-0.1, -0.05) is 0 Å². The monoisotopic (exact) mass is 353 g/mol. The van der Waals surface area contributed by atoms with Crippen molar-refractivity contribution in [3.63, 3.8) is 0 Å². The summed E-state index contributed by atoms with van der Waals surface area (Å²) in [6.07, 6.45) is 4.47. The molecule has 0 aromatic carbocycles. The van der Waals surface area contributed by atoms with Gasteiger partial charge in [0.25, 0.3) is 0 Å². The molecule has 0 saturated carbocycles. The van der Waals surface area contributed by atoms with Crippen LogP contribution < -0.4 is 4.90 Å². The van der Waals surface area contributed by atoms with E-state index in [4.69, 9.17) is 14.5 Å². The van der Waals surface area contributed by atoms with Gasteiger partial charge in [0.05, 0.1) is 43.1 Å². The second-order valence-corrected chi connectivity index (χ2v) is 6.38. The summed E-state index contributed by atoms with van der Waals surface area (Å²) < 4.78 is 12.6. The van der Waals surface area contributed by atoms with Crippen LogP contribution in [0.5, 0.6) is 0 Å². The van der Waals surface area contributed by atoms with E-state index in [0.29, 0.717) is 6.61 Å². The van der Waals surface area contributed by atoms with E-state index in [-0.39, 0.29) is 0 Å². The standard InChI is InChI=1S/C19H23N5O2/c1-14-18(15-3-6-20-16(13-15)5-10-25-2)24-19(22-14)17(4-7-21-24)23-8-11-26-12-9-23/h3-4,6-7,13H,5,8-12H2,1-2H3. The SMILES string of the molecule is COCCc1cc(-c2c(C)nc3c(N4CCOCC4)ccnn23)ccn1. The summed E-state index contributed by atoms with van der Waals surface area (Å²) in [6, 6.07) is 6.14. The largest absolute Gasteiger partial charge is 0.384 e. The Balaban J connectivity index is 1.78. The summed E-state index contributed by atoms with van der Waals surface area (Å²) in [6.45, 7) is 5.92. The van der Waals surface area contributed by atoms with Gasteiger partial charge in [-0.3, -0.25) is 4.98 Å². The highest BCUT2D eigenvalue weighted by molar-refractivity contribution is 5.75. The number of methoxy groups -OCH3 is 1. The number of imidazole rings is 1. The zero-order valence-corrected chi connectivity index (χ0v) is 15.2. The number of pyridine rings is 1. The van der Waals surface area contributed by atoms with Gasteiger partial charge in [-0.05, 0) is 25.1 Å². The number of aryl methyl sites for hydroxylation is 1. The first-order chi connectivity index (χ1) is 12.8. The molecule has 0 spiro atoms. The maximum absolute atomic E-state index is 5.48. The Hall–Kier alpha value is -2.51. The molecule has 0 N–H and O–H groups in total. The van der Waals surface area contributed by atoms with E-state index >= 15 is 0 Å². The molecular formula is C19H23N5O2. The lowest BCUT2D eigenvalue weighted by Crippen LogP contribution is -2.36. The molecule has 1 aliphatic heterocycles. The fourth-order valence-electron chi connectivity index (χ4n) is 3.39. The lowest BCUT2D eigenvalue weighted by atomic mass is 10.1. The summed E-state index contributed by atoms with van der Waals surface area (Å²) in [5.74, 6) is 0. The van der Waals surface area contributed by atoms with Crippen molar-refractivity contribution in [1.82, 2.24) is 19.6 Å². The molecule has 7 heteroatoms. The van der Waals surface area contributed by atoms with Crippen LogP contribution in [0.2, 0.25) is 0 Å². The number of ether oxygens (including phenoxy) is 2. The first-order valence-corrected chi connectivity index (χ1v) is 8.89. The van der Waals surface area contributed by atoms with Crippen molar-refractivity contribution in [2.45, 2.75) is 13.3 Å². The predicted octanol–water partition coefficient (Wildman–Crippen LogP) is 2.13. The Bertz CT molecular complexity index is 902. The molecule has 0 radical (unpaired) electrons. The molecular weight excluding hydrogens is 330 g/mol. The number of aromatic nitrogens is 4. The van der Waals surface area contributed by atoms with Crippen molar-refractivity contribution in [2.75, 3.05) is 44.9 Å². The average Bonchev–Trinajstić information content (AvgIpc) is 3.03. The van der Waals surface area contributed by atoms with Crippen molar-refractivity contribution in [3.05, 3.63) is 42.0 Å². The van der Waals surface area contributed by atoms with Crippen LogP contribution in [0, 0.1) is 6.92 Å². The van der Waals surface area contributed by atoms with E-state index in [1.54, 1.807) is 7.11 Å². The predicted molar refractivity (Wildman–Crippen MR) is 99.6 cm³/mol. The van der Waals surface area contributed by atoms with Gasteiger partial charge in [-0.2, -0.15) is 5.10 Å². The molecule has 136 valence electrons. The highest BCUT2D eigenvalue weighted by atomic mass is 16.5. The number of fused-ring (bicyclic) bond motifs is 1. The number of anilines is 1. The summed E-state index contributed by atoms with van der Waals surface area (Å²) in [7, 11) is 1.70. The maximum atomic E-state index is 5.48. The summed E-state index contributed by atoms with van der Waals surface area (Å²) in [5, 5.41) is 4.58. The van der Waals surface area contributed by atoms with Crippen LogP contribution in [0.25, 0.3) is 16.9 Å². The molecule has 4 heterocycles. The Morgan fingerprint density at radius 1 is 1.19 bits per heavy atom. The molecule has 0 unspecified atom stereocenters. The molecule has 4 rings (SSSR count). The Morgan fingerprint density at radius 3 is 2.85 bits per heavy atom. The van der Waals surface area contributed by atoms with Crippen molar-refractivity contribution >= 4 is 11.3 Å². The third kappa shape index (κ3) is 3.15. The number of hydrogen-bond donors (Lipinski definition) is 0. The first-order valence-electron chi connectivity index (χ1n) is 8.89. The molecule has 0 bridgehead atoms. The van der Waals surface area contributed by atoms with Crippen molar-refractivity contribution in [1.29, 1.82) is 0 Å². The van der Waals surface area contributed by atoms with Crippen LogP contribution in [0.1, 0.15) is 11.4 Å².